The van der Waals surface area contributed by atoms with Crippen LogP contribution in [-0.2, 0) is 4.79 Å². The van der Waals surface area contributed by atoms with Gasteiger partial charge in [0.25, 0.3) is 0 Å². The molecule has 1 N–H and O–H groups in total. The van der Waals surface area contributed by atoms with Gasteiger partial charge in [-0.05, 0) is 42.7 Å². The fourth-order valence-electron chi connectivity index (χ4n) is 2.23. The molecule has 0 saturated carbocycles. The normalized spacial score (nSPS) is 16.1. The van der Waals surface area contributed by atoms with Crippen molar-refractivity contribution >= 4 is 27.3 Å². The van der Waals surface area contributed by atoms with Crippen LogP contribution in [0.15, 0.2) is 22.4 Å². The lowest BCUT2D eigenvalue weighted by Crippen LogP contribution is -2.01. The molecule has 0 atom stereocenters. The molecule has 0 saturated heterocycles. The third-order valence-corrected chi connectivity index (χ3v) is 3.36. The minimum atomic E-state index is 0.0472. The Morgan fingerprint density at radius 3 is 2.19 bits per heavy atom. The van der Waals surface area contributed by atoms with E-state index in [1.54, 1.807) is 0 Å². The van der Waals surface area contributed by atoms with Gasteiger partial charge in [0.2, 0.25) is 0 Å². The van der Waals surface area contributed by atoms with E-state index >= 15 is 0 Å². The molecule has 0 fully saturated rings. The van der Waals surface area contributed by atoms with Crippen molar-refractivity contribution in [2.45, 2.75) is 26.7 Å². The Balaban J connectivity index is 2.65. The maximum Gasteiger partial charge on any atom is 0.167 e. The summed E-state index contributed by atoms with van der Waals surface area (Å²) in [6, 6.07) is 3.93. The van der Waals surface area contributed by atoms with Gasteiger partial charge in [0.1, 0.15) is 5.76 Å². The van der Waals surface area contributed by atoms with Crippen LogP contribution in [0.5, 0.6) is 0 Å². The van der Waals surface area contributed by atoms with Gasteiger partial charge >= 0.3 is 0 Å². The van der Waals surface area contributed by atoms with Crippen molar-refractivity contribution in [2.24, 2.45) is 0 Å². The summed E-state index contributed by atoms with van der Waals surface area (Å²) < 4.78 is 0.997. The number of hydrogen-bond donors (Lipinski definition) is 1. The van der Waals surface area contributed by atoms with E-state index in [1.165, 1.54) is 0 Å². The standard InChI is InChI=1S/C13H13BrO2/c1-7-5-9(14)6-8(2)12(7)13-10(15)3-4-11(13)16/h5-6,15H,3-4H2,1-2H3. The third-order valence-electron chi connectivity index (χ3n) is 2.90. The quantitative estimate of drug-likeness (QED) is 0.852. The van der Waals surface area contributed by atoms with Gasteiger partial charge in [-0.1, -0.05) is 15.9 Å². The molecule has 0 aromatic heterocycles. The highest BCUT2D eigenvalue weighted by Crippen LogP contribution is 2.34. The van der Waals surface area contributed by atoms with Crippen molar-refractivity contribution in [2.75, 3.05) is 0 Å². The summed E-state index contributed by atoms with van der Waals surface area (Å²) in [4.78, 5) is 11.7. The molecule has 1 aliphatic rings. The van der Waals surface area contributed by atoms with Gasteiger partial charge in [0.15, 0.2) is 5.78 Å². The van der Waals surface area contributed by atoms with Crippen LogP contribution >= 0.6 is 15.9 Å². The first-order valence-electron chi connectivity index (χ1n) is 5.23. The molecule has 84 valence electrons. The lowest BCUT2D eigenvalue weighted by Gasteiger charge is -2.11. The summed E-state index contributed by atoms with van der Waals surface area (Å²) in [6.45, 7) is 3.91. The maximum atomic E-state index is 11.7. The molecule has 0 radical (unpaired) electrons. The van der Waals surface area contributed by atoms with Gasteiger partial charge in [-0.15, -0.1) is 0 Å². The van der Waals surface area contributed by atoms with E-state index in [4.69, 9.17) is 0 Å². The SMILES string of the molecule is Cc1cc(Br)cc(C)c1C1=C(O)CCC1=O. The first-order chi connectivity index (χ1) is 7.50. The van der Waals surface area contributed by atoms with Crippen LogP contribution in [0.1, 0.15) is 29.5 Å². The predicted octanol–water partition coefficient (Wildman–Crippen LogP) is 3.70. The van der Waals surface area contributed by atoms with E-state index in [2.05, 4.69) is 15.9 Å². The molecule has 0 bridgehead atoms. The minimum Gasteiger partial charge on any atom is -0.512 e. The molecule has 0 aliphatic heterocycles. The molecule has 1 aromatic rings. The van der Waals surface area contributed by atoms with Gasteiger partial charge in [-0.3, -0.25) is 4.79 Å². The highest BCUT2D eigenvalue weighted by Gasteiger charge is 2.26. The van der Waals surface area contributed by atoms with Crippen LogP contribution in [-0.4, -0.2) is 10.9 Å². The second-order valence-corrected chi connectivity index (χ2v) is 5.08. The molecule has 0 amide bonds. The van der Waals surface area contributed by atoms with E-state index in [0.717, 1.165) is 21.2 Å². The fourth-order valence-corrected chi connectivity index (χ4v) is 2.92. The maximum absolute atomic E-state index is 11.7. The Morgan fingerprint density at radius 1 is 1.19 bits per heavy atom. The van der Waals surface area contributed by atoms with Crippen molar-refractivity contribution in [1.82, 2.24) is 0 Å². The molecular formula is C13H13BrO2. The summed E-state index contributed by atoms with van der Waals surface area (Å²) in [7, 11) is 0. The van der Waals surface area contributed by atoms with Crippen molar-refractivity contribution in [3.05, 3.63) is 39.1 Å². The summed E-state index contributed by atoms with van der Waals surface area (Å²) in [6.07, 6.45) is 0.902. The second-order valence-electron chi connectivity index (χ2n) is 4.16. The van der Waals surface area contributed by atoms with Crippen molar-refractivity contribution in [1.29, 1.82) is 0 Å². The average Bonchev–Trinajstić information content (AvgIpc) is 2.47. The van der Waals surface area contributed by atoms with E-state index in [0.29, 0.717) is 18.4 Å². The Kier molecular flexibility index (Phi) is 2.89. The molecule has 2 rings (SSSR count). The predicted molar refractivity (Wildman–Crippen MR) is 67.4 cm³/mol. The first-order valence-corrected chi connectivity index (χ1v) is 6.02. The number of carbonyl (C=O) groups excluding carboxylic acids is 1. The number of benzene rings is 1. The number of halogens is 1. The summed E-state index contributed by atoms with van der Waals surface area (Å²) in [5.41, 5.74) is 3.44. The van der Waals surface area contributed by atoms with Crippen molar-refractivity contribution < 1.29 is 9.90 Å². The van der Waals surface area contributed by atoms with Crippen LogP contribution < -0.4 is 0 Å². The zero-order valence-corrected chi connectivity index (χ0v) is 10.9. The third kappa shape index (κ3) is 1.80. The Hall–Kier alpha value is -1.09. The number of rotatable bonds is 1. The number of aryl methyl sites for hydroxylation is 2. The molecule has 3 heteroatoms. The highest BCUT2D eigenvalue weighted by atomic mass is 79.9. The van der Waals surface area contributed by atoms with Gasteiger partial charge in [0.05, 0.1) is 5.57 Å². The van der Waals surface area contributed by atoms with Crippen LogP contribution in [0.4, 0.5) is 0 Å². The zero-order chi connectivity index (χ0) is 11.9. The lowest BCUT2D eigenvalue weighted by atomic mass is 9.94. The minimum absolute atomic E-state index is 0.0472. The molecule has 16 heavy (non-hydrogen) atoms. The molecule has 0 heterocycles. The molecule has 1 aliphatic carbocycles. The topological polar surface area (TPSA) is 37.3 Å². The average molecular weight is 281 g/mol. The Bertz CT molecular complexity index is 478. The van der Waals surface area contributed by atoms with Crippen LogP contribution in [0, 0.1) is 13.8 Å². The van der Waals surface area contributed by atoms with Gasteiger partial charge < -0.3 is 5.11 Å². The van der Waals surface area contributed by atoms with Gasteiger partial charge in [-0.25, -0.2) is 0 Å². The second kappa shape index (κ2) is 4.06. The number of allylic oxidation sites excluding steroid dienone is 2. The zero-order valence-electron chi connectivity index (χ0n) is 9.30. The van der Waals surface area contributed by atoms with Crippen LogP contribution in [0.3, 0.4) is 0 Å². The summed E-state index contributed by atoms with van der Waals surface area (Å²) >= 11 is 3.42. The Morgan fingerprint density at radius 2 is 1.75 bits per heavy atom. The van der Waals surface area contributed by atoms with Crippen LogP contribution in [0.2, 0.25) is 0 Å². The Labute approximate surface area is 103 Å². The largest absolute Gasteiger partial charge is 0.512 e. The van der Waals surface area contributed by atoms with Crippen molar-refractivity contribution in [3.63, 3.8) is 0 Å². The van der Waals surface area contributed by atoms with E-state index in [-0.39, 0.29) is 11.5 Å². The number of aliphatic hydroxyl groups is 1. The summed E-state index contributed by atoms with van der Waals surface area (Å²) in [5, 5.41) is 9.78. The van der Waals surface area contributed by atoms with Gasteiger partial charge in [-0.2, -0.15) is 0 Å². The van der Waals surface area contributed by atoms with Crippen LogP contribution in [0.25, 0.3) is 5.57 Å². The lowest BCUT2D eigenvalue weighted by molar-refractivity contribution is -0.113. The monoisotopic (exact) mass is 280 g/mol. The molecule has 1 aromatic carbocycles. The van der Waals surface area contributed by atoms with E-state index in [9.17, 15) is 9.90 Å². The number of Topliss-reactive ketones (excluding diaryl/α,β-unsaturated/α-hetero) is 1. The number of hydrogen-bond acceptors (Lipinski definition) is 2. The first kappa shape index (κ1) is 11.4. The number of ketones is 1. The van der Waals surface area contributed by atoms with Crippen molar-refractivity contribution in [3.8, 4) is 0 Å². The molecule has 0 unspecified atom stereocenters. The van der Waals surface area contributed by atoms with Gasteiger partial charge in [0, 0.05) is 17.3 Å². The smallest absolute Gasteiger partial charge is 0.167 e. The van der Waals surface area contributed by atoms with E-state index in [1.807, 2.05) is 26.0 Å². The molecule has 2 nitrogen and oxygen atoms in total. The fraction of sp³-hybridized carbons (Fsp3) is 0.308. The summed E-state index contributed by atoms with van der Waals surface area (Å²) in [5.74, 6) is 0.282. The molecule has 0 spiro atoms. The number of aliphatic hydroxyl groups excluding tert-OH is 1. The van der Waals surface area contributed by atoms with E-state index < -0.39 is 0 Å². The molecular weight excluding hydrogens is 268 g/mol. The number of carbonyl (C=O) groups is 1. The highest BCUT2D eigenvalue weighted by molar-refractivity contribution is 9.10.